The third-order valence-corrected chi connectivity index (χ3v) is 4.15. The Hall–Kier alpha value is -3.21. The van der Waals surface area contributed by atoms with E-state index < -0.39 is 0 Å². The van der Waals surface area contributed by atoms with Crippen LogP contribution in [0.5, 0.6) is 0 Å². The number of hydrogen-bond acceptors (Lipinski definition) is 3. The van der Waals surface area contributed by atoms with E-state index in [0.29, 0.717) is 5.69 Å². The highest BCUT2D eigenvalue weighted by atomic mass is 16.2. The minimum atomic E-state index is -0.147. The van der Waals surface area contributed by atoms with E-state index in [-0.39, 0.29) is 24.7 Å². The van der Waals surface area contributed by atoms with Crippen LogP contribution in [0.25, 0.3) is 23.1 Å². The molecule has 24 heavy (non-hydrogen) atoms. The second kappa shape index (κ2) is 5.77. The van der Waals surface area contributed by atoms with Gasteiger partial charge in [-0.15, -0.1) is 0 Å². The maximum absolute atomic E-state index is 12.0. The number of nitrogens with one attached hydrogen (secondary N) is 1. The van der Waals surface area contributed by atoms with Crippen LogP contribution in [0.15, 0.2) is 48.5 Å². The lowest BCUT2D eigenvalue weighted by atomic mass is 10.1. The summed E-state index contributed by atoms with van der Waals surface area (Å²) < 4.78 is 0. The molecule has 5 nitrogen and oxygen atoms in total. The highest BCUT2D eigenvalue weighted by Gasteiger charge is 2.31. The standard InChI is InChI=1S/C19H15N3O2/c23-18-11-12-19(24)22(18)17-8-4-1-5-13(17)9-10-16-14-6-2-3-7-15(14)20-21-16/h1-10H,11-12H2,(H,20,21)/b10-9+. The van der Waals surface area contributed by atoms with Gasteiger partial charge in [0.1, 0.15) is 0 Å². The van der Waals surface area contributed by atoms with Crippen LogP contribution in [0, 0.1) is 0 Å². The van der Waals surface area contributed by atoms with Crippen LogP contribution < -0.4 is 4.90 Å². The Kier molecular flexibility index (Phi) is 3.46. The van der Waals surface area contributed by atoms with Gasteiger partial charge in [0.25, 0.3) is 0 Å². The van der Waals surface area contributed by atoms with Crippen molar-refractivity contribution in [3.05, 3.63) is 59.8 Å². The maximum atomic E-state index is 12.0. The van der Waals surface area contributed by atoms with Crippen LogP contribution in [-0.2, 0) is 9.59 Å². The number of anilines is 1. The SMILES string of the molecule is O=C1CCC(=O)N1c1ccccc1/C=C/c1n[nH]c2ccccc12. The molecular weight excluding hydrogens is 302 g/mol. The summed E-state index contributed by atoms with van der Waals surface area (Å²) >= 11 is 0. The Labute approximate surface area is 138 Å². The van der Waals surface area contributed by atoms with Crippen LogP contribution in [-0.4, -0.2) is 22.0 Å². The summed E-state index contributed by atoms with van der Waals surface area (Å²) in [6.45, 7) is 0. The number of aromatic amines is 1. The molecule has 1 aromatic heterocycles. The number of rotatable bonds is 3. The zero-order valence-electron chi connectivity index (χ0n) is 12.9. The monoisotopic (exact) mass is 317 g/mol. The first-order valence-electron chi connectivity index (χ1n) is 7.80. The number of nitrogens with zero attached hydrogens (tertiary/aromatic N) is 2. The van der Waals surface area contributed by atoms with Crippen LogP contribution in [0.3, 0.4) is 0 Å². The third kappa shape index (κ3) is 2.40. The average Bonchev–Trinajstić information content (AvgIpc) is 3.17. The Morgan fingerprint density at radius 3 is 2.46 bits per heavy atom. The molecule has 3 aromatic rings. The van der Waals surface area contributed by atoms with Gasteiger partial charge >= 0.3 is 0 Å². The lowest BCUT2D eigenvalue weighted by molar-refractivity contribution is -0.121. The molecule has 2 aromatic carbocycles. The lowest BCUT2D eigenvalue weighted by Crippen LogP contribution is -2.29. The highest BCUT2D eigenvalue weighted by molar-refractivity contribution is 6.20. The minimum Gasteiger partial charge on any atom is -0.277 e. The van der Waals surface area contributed by atoms with Crippen LogP contribution in [0.1, 0.15) is 24.1 Å². The molecule has 0 saturated carbocycles. The van der Waals surface area contributed by atoms with Gasteiger partial charge in [-0.2, -0.15) is 5.10 Å². The summed E-state index contributed by atoms with van der Waals surface area (Å²) in [4.78, 5) is 25.3. The summed E-state index contributed by atoms with van der Waals surface area (Å²) in [5.41, 5.74) is 3.23. The van der Waals surface area contributed by atoms with E-state index >= 15 is 0 Å². The molecular formula is C19H15N3O2. The predicted molar refractivity (Wildman–Crippen MR) is 93.2 cm³/mol. The second-order valence-electron chi connectivity index (χ2n) is 5.67. The maximum Gasteiger partial charge on any atom is 0.234 e. The van der Waals surface area contributed by atoms with Crippen molar-refractivity contribution in [2.75, 3.05) is 4.90 Å². The average molecular weight is 317 g/mol. The number of hydrogen-bond donors (Lipinski definition) is 1. The number of H-pyrrole nitrogens is 1. The van der Waals surface area contributed by atoms with Crippen molar-refractivity contribution < 1.29 is 9.59 Å². The molecule has 0 unspecified atom stereocenters. The van der Waals surface area contributed by atoms with Crippen molar-refractivity contribution >= 4 is 40.6 Å². The van der Waals surface area contributed by atoms with E-state index in [1.807, 2.05) is 54.6 Å². The third-order valence-electron chi connectivity index (χ3n) is 4.15. The van der Waals surface area contributed by atoms with E-state index in [1.165, 1.54) is 4.90 Å². The van der Waals surface area contributed by atoms with Gasteiger partial charge < -0.3 is 0 Å². The molecule has 1 aliphatic heterocycles. The highest BCUT2D eigenvalue weighted by Crippen LogP contribution is 2.28. The van der Waals surface area contributed by atoms with Crippen molar-refractivity contribution in [3.8, 4) is 0 Å². The number of imide groups is 1. The van der Waals surface area contributed by atoms with Crippen LogP contribution in [0.2, 0.25) is 0 Å². The van der Waals surface area contributed by atoms with Gasteiger partial charge in [-0.05, 0) is 23.8 Å². The zero-order valence-corrected chi connectivity index (χ0v) is 12.9. The zero-order chi connectivity index (χ0) is 16.5. The molecule has 1 saturated heterocycles. The molecule has 2 amide bonds. The summed E-state index contributed by atoms with van der Waals surface area (Å²) in [6, 6.07) is 15.3. The molecule has 0 spiro atoms. The number of carbonyl (C=O) groups is 2. The molecule has 4 rings (SSSR count). The quantitative estimate of drug-likeness (QED) is 0.753. The molecule has 118 valence electrons. The molecule has 0 aliphatic carbocycles. The van der Waals surface area contributed by atoms with Gasteiger partial charge in [-0.1, -0.05) is 42.5 Å². The van der Waals surface area contributed by atoms with Gasteiger partial charge in [0.2, 0.25) is 11.8 Å². The molecule has 2 heterocycles. The normalized spacial score (nSPS) is 15.1. The van der Waals surface area contributed by atoms with E-state index in [4.69, 9.17) is 0 Å². The fourth-order valence-electron chi connectivity index (χ4n) is 2.96. The lowest BCUT2D eigenvalue weighted by Gasteiger charge is -2.16. The Morgan fingerprint density at radius 2 is 1.62 bits per heavy atom. The van der Waals surface area contributed by atoms with Gasteiger partial charge in [0, 0.05) is 18.2 Å². The number of aromatic nitrogens is 2. The molecule has 1 fully saturated rings. The number of amides is 2. The smallest absolute Gasteiger partial charge is 0.234 e. The van der Waals surface area contributed by atoms with Gasteiger partial charge in [0.15, 0.2) is 0 Å². The van der Waals surface area contributed by atoms with E-state index in [2.05, 4.69) is 10.2 Å². The Balaban J connectivity index is 1.73. The fourth-order valence-corrected chi connectivity index (χ4v) is 2.96. The Bertz CT molecular complexity index is 955. The summed E-state index contributed by atoms with van der Waals surface area (Å²) in [5.74, 6) is -0.294. The molecule has 0 atom stereocenters. The minimum absolute atomic E-state index is 0.147. The summed E-state index contributed by atoms with van der Waals surface area (Å²) in [7, 11) is 0. The Morgan fingerprint density at radius 1 is 0.917 bits per heavy atom. The van der Waals surface area contributed by atoms with E-state index in [0.717, 1.165) is 22.2 Å². The van der Waals surface area contributed by atoms with Crippen molar-refractivity contribution in [1.29, 1.82) is 0 Å². The largest absolute Gasteiger partial charge is 0.277 e. The van der Waals surface area contributed by atoms with Gasteiger partial charge in [-0.25, -0.2) is 4.90 Å². The molecule has 0 bridgehead atoms. The van der Waals surface area contributed by atoms with Crippen molar-refractivity contribution in [3.63, 3.8) is 0 Å². The van der Waals surface area contributed by atoms with Crippen molar-refractivity contribution in [2.24, 2.45) is 0 Å². The number of para-hydroxylation sites is 2. The van der Waals surface area contributed by atoms with Crippen molar-refractivity contribution in [1.82, 2.24) is 10.2 Å². The number of benzene rings is 2. The molecule has 1 aliphatic rings. The number of fused-ring (bicyclic) bond motifs is 1. The van der Waals surface area contributed by atoms with Gasteiger partial charge in [-0.3, -0.25) is 14.7 Å². The number of carbonyl (C=O) groups excluding carboxylic acids is 2. The van der Waals surface area contributed by atoms with Crippen LogP contribution >= 0.6 is 0 Å². The van der Waals surface area contributed by atoms with E-state index in [1.54, 1.807) is 6.07 Å². The first-order chi connectivity index (χ1) is 11.7. The first-order valence-corrected chi connectivity index (χ1v) is 7.80. The molecule has 5 heteroatoms. The van der Waals surface area contributed by atoms with Gasteiger partial charge in [0.05, 0.1) is 16.9 Å². The van der Waals surface area contributed by atoms with E-state index in [9.17, 15) is 9.59 Å². The summed E-state index contributed by atoms with van der Waals surface area (Å²) in [5, 5.41) is 8.32. The topological polar surface area (TPSA) is 66.1 Å². The fraction of sp³-hybridized carbons (Fsp3) is 0.105. The molecule has 1 N–H and O–H groups in total. The molecule has 0 radical (unpaired) electrons. The van der Waals surface area contributed by atoms with Crippen LogP contribution in [0.4, 0.5) is 5.69 Å². The predicted octanol–water partition coefficient (Wildman–Crippen LogP) is 3.39. The summed E-state index contributed by atoms with van der Waals surface area (Å²) in [6.07, 6.45) is 4.33. The second-order valence-corrected chi connectivity index (χ2v) is 5.67. The van der Waals surface area contributed by atoms with Crippen molar-refractivity contribution in [2.45, 2.75) is 12.8 Å². The first kappa shape index (κ1) is 14.4.